The molecule has 0 saturated carbocycles. The molecule has 8 heteroatoms. The molecule has 7 nitrogen and oxygen atoms in total. The van der Waals surface area contributed by atoms with Crippen molar-refractivity contribution in [3.63, 3.8) is 0 Å². The van der Waals surface area contributed by atoms with Crippen molar-refractivity contribution in [3.8, 4) is 28.7 Å². The molecule has 0 atom stereocenters. The summed E-state index contributed by atoms with van der Waals surface area (Å²) in [5, 5.41) is 17.8. The maximum Gasteiger partial charge on any atom is 0.277 e. The highest BCUT2D eigenvalue weighted by Gasteiger charge is 2.19. The molecule has 0 radical (unpaired) electrons. The summed E-state index contributed by atoms with van der Waals surface area (Å²) in [5.74, 6) is 1.65. The summed E-state index contributed by atoms with van der Waals surface area (Å²) < 4.78 is 12.8. The maximum atomic E-state index is 6.54. The number of benzene rings is 2. The van der Waals surface area contributed by atoms with Crippen LogP contribution < -0.4 is 19.1 Å². The lowest BCUT2D eigenvalue weighted by atomic mass is 10.0. The number of pyridine rings is 1. The standard InChI is InChI=1S/C19H16ClN5O2/c1-11-8-12-9-16(26-2)17(27-3)10-14(12)18(13-6-4-5-7-15(13)20)25(11)19-21-23-24-22-19/h4-10H,1-3H3. The second kappa shape index (κ2) is 6.85. The second-order valence-corrected chi connectivity index (χ2v) is 6.33. The number of rotatable bonds is 4. The van der Waals surface area contributed by atoms with Gasteiger partial charge in [0.2, 0.25) is 0 Å². The highest BCUT2D eigenvalue weighted by atomic mass is 35.5. The van der Waals surface area contributed by atoms with Crippen molar-refractivity contribution in [1.29, 1.82) is 0 Å². The monoisotopic (exact) mass is 381 g/mol. The average molecular weight is 382 g/mol. The third-order valence-electron chi connectivity index (χ3n) is 4.39. The molecular weight excluding hydrogens is 366 g/mol. The van der Waals surface area contributed by atoms with Crippen molar-refractivity contribution in [2.75, 3.05) is 14.2 Å². The Hall–Kier alpha value is -3.19. The molecule has 2 aromatic carbocycles. The normalized spacial score (nSPS) is 11.0. The van der Waals surface area contributed by atoms with Gasteiger partial charge in [-0.2, -0.15) is 0 Å². The maximum absolute atomic E-state index is 6.54. The van der Waals surface area contributed by atoms with Crippen molar-refractivity contribution in [2.24, 2.45) is 0 Å². The van der Waals surface area contributed by atoms with Gasteiger partial charge >= 0.3 is 0 Å². The van der Waals surface area contributed by atoms with E-state index in [9.17, 15) is 0 Å². The quantitative estimate of drug-likeness (QED) is 0.506. The summed E-state index contributed by atoms with van der Waals surface area (Å²) >= 11 is 6.54. The van der Waals surface area contributed by atoms with Crippen LogP contribution in [-0.2, 0) is 0 Å². The zero-order chi connectivity index (χ0) is 19.0. The van der Waals surface area contributed by atoms with Gasteiger partial charge in [-0.1, -0.05) is 40.0 Å². The van der Waals surface area contributed by atoms with Crippen LogP contribution in [0, 0.1) is 6.92 Å². The molecule has 2 aromatic heterocycles. The lowest BCUT2D eigenvalue weighted by molar-refractivity contribution is -0.598. The van der Waals surface area contributed by atoms with Gasteiger partial charge in [-0.25, -0.2) is 0 Å². The van der Waals surface area contributed by atoms with Crippen LogP contribution in [0.25, 0.3) is 28.0 Å². The van der Waals surface area contributed by atoms with Crippen LogP contribution in [0.3, 0.4) is 0 Å². The number of fused-ring (bicyclic) bond motifs is 1. The van der Waals surface area contributed by atoms with Crippen molar-refractivity contribution < 1.29 is 14.0 Å². The van der Waals surface area contributed by atoms with Gasteiger partial charge in [0.1, 0.15) is 0 Å². The summed E-state index contributed by atoms with van der Waals surface area (Å²) in [7, 11) is 3.22. The smallest absolute Gasteiger partial charge is 0.277 e. The first kappa shape index (κ1) is 17.2. The van der Waals surface area contributed by atoms with Gasteiger partial charge in [0.25, 0.3) is 5.95 Å². The zero-order valence-electron chi connectivity index (χ0n) is 15.0. The van der Waals surface area contributed by atoms with E-state index in [1.54, 1.807) is 14.2 Å². The van der Waals surface area contributed by atoms with Crippen molar-refractivity contribution >= 4 is 22.4 Å². The van der Waals surface area contributed by atoms with Crippen LogP contribution in [0.2, 0.25) is 5.02 Å². The summed E-state index contributed by atoms with van der Waals surface area (Å²) in [6.45, 7) is 1.97. The lowest BCUT2D eigenvalue weighted by Gasteiger charge is -2.19. The molecule has 0 unspecified atom stereocenters. The first-order chi connectivity index (χ1) is 13.1. The lowest BCUT2D eigenvalue weighted by Crippen LogP contribution is -2.39. The molecular formula is C19H16ClN5O2. The summed E-state index contributed by atoms with van der Waals surface area (Å²) in [5.41, 5.74) is 2.57. The van der Waals surface area contributed by atoms with Gasteiger partial charge in [-0.15, -0.1) is 0 Å². The fourth-order valence-electron chi connectivity index (χ4n) is 3.21. The largest absolute Gasteiger partial charge is 0.493 e. The Labute approximate surface area is 160 Å². The predicted molar refractivity (Wildman–Crippen MR) is 100 cm³/mol. The first-order valence-electron chi connectivity index (χ1n) is 8.19. The third-order valence-corrected chi connectivity index (χ3v) is 4.72. The van der Waals surface area contributed by atoms with E-state index in [0.717, 1.165) is 27.7 Å². The fraction of sp³-hybridized carbons (Fsp3) is 0.158. The van der Waals surface area contributed by atoms with Crippen LogP contribution in [0.1, 0.15) is 5.69 Å². The Morgan fingerprint density at radius 3 is 2.44 bits per heavy atom. The Morgan fingerprint density at radius 1 is 1.04 bits per heavy atom. The summed E-state index contributed by atoms with van der Waals surface area (Å²) in [6, 6.07) is 13.5. The van der Waals surface area contributed by atoms with Crippen LogP contribution in [0.4, 0.5) is 0 Å². The van der Waals surface area contributed by atoms with Gasteiger partial charge < -0.3 is 9.47 Å². The van der Waals surface area contributed by atoms with E-state index >= 15 is 0 Å². The van der Waals surface area contributed by atoms with Crippen LogP contribution in [-0.4, -0.2) is 29.7 Å². The molecule has 0 aliphatic heterocycles. The number of hydrogen-bond acceptors (Lipinski definition) is 5. The number of methoxy groups -OCH3 is 2. The van der Waals surface area contributed by atoms with Crippen LogP contribution in [0.15, 0.2) is 42.5 Å². The minimum absolute atomic E-state index is 0.374. The third kappa shape index (κ3) is 2.86. The average Bonchev–Trinajstić information content (AvgIpc) is 3.20. The van der Waals surface area contributed by atoms with Crippen molar-refractivity contribution in [2.45, 2.75) is 6.92 Å². The molecule has 0 aliphatic rings. The SMILES string of the molecule is COc1cc2cc(C)[n+](-c3nnn[n-]3)c(-c3ccccc3Cl)c2cc1OC. The van der Waals surface area contributed by atoms with Gasteiger partial charge in [-0.3, -0.25) is 4.57 Å². The summed E-state index contributed by atoms with van der Waals surface area (Å²) in [4.78, 5) is 0. The molecule has 0 aliphatic carbocycles. The number of ether oxygens (including phenoxy) is 2. The minimum Gasteiger partial charge on any atom is -0.493 e. The van der Waals surface area contributed by atoms with Crippen molar-refractivity contribution in [3.05, 3.63) is 53.2 Å². The molecule has 0 fully saturated rings. The topological polar surface area (TPSA) is 75.1 Å². The molecule has 0 saturated heterocycles. The molecule has 136 valence electrons. The molecule has 2 heterocycles. The second-order valence-electron chi connectivity index (χ2n) is 5.92. The van der Waals surface area contributed by atoms with Crippen LogP contribution >= 0.6 is 11.6 Å². The molecule has 27 heavy (non-hydrogen) atoms. The fourth-order valence-corrected chi connectivity index (χ4v) is 3.44. The number of aromatic nitrogens is 5. The number of hydrogen-bond donors (Lipinski definition) is 0. The van der Waals surface area contributed by atoms with Gasteiger partial charge in [0.15, 0.2) is 11.5 Å². The van der Waals surface area contributed by atoms with E-state index < -0.39 is 0 Å². The van der Waals surface area contributed by atoms with Crippen LogP contribution in [0.5, 0.6) is 11.5 Å². The first-order valence-corrected chi connectivity index (χ1v) is 8.57. The Balaban J connectivity index is 2.18. The van der Waals surface area contributed by atoms with E-state index in [4.69, 9.17) is 21.1 Å². The highest BCUT2D eigenvalue weighted by molar-refractivity contribution is 6.33. The molecule has 0 N–H and O–H groups in total. The molecule has 4 aromatic rings. The minimum atomic E-state index is 0.374. The molecule has 0 amide bonds. The molecule has 0 spiro atoms. The van der Waals surface area contributed by atoms with Gasteiger partial charge in [0.05, 0.1) is 19.9 Å². The van der Waals surface area contributed by atoms with E-state index in [1.165, 1.54) is 0 Å². The number of tetrazole rings is 1. The van der Waals surface area contributed by atoms with Crippen molar-refractivity contribution in [1.82, 2.24) is 20.6 Å². The number of halogens is 1. The highest BCUT2D eigenvalue weighted by Crippen LogP contribution is 2.38. The van der Waals surface area contributed by atoms with E-state index in [2.05, 4.69) is 20.6 Å². The predicted octanol–water partition coefficient (Wildman–Crippen LogP) is 2.90. The number of nitrogens with zero attached hydrogens (tertiary/aromatic N) is 5. The Bertz CT molecular complexity index is 1130. The number of aryl methyl sites for hydroxylation is 1. The van der Waals surface area contributed by atoms with E-state index in [1.807, 2.05) is 54.0 Å². The Morgan fingerprint density at radius 2 is 1.78 bits per heavy atom. The zero-order valence-corrected chi connectivity index (χ0v) is 15.7. The van der Waals surface area contributed by atoms with E-state index in [0.29, 0.717) is 22.5 Å². The summed E-state index contributed by atoms with van der Waals surface area (Å²) in [6.07, 6.45) is 0. The molecule has 4 rings (SSSR count). The van der Waals surface area contributed by atoms with Gasteiger partial charge in [-0.05, 0) is 47.0 Å². The van der Waals surface area contributed by atoms with E-state index in [-0.39, 0.29) is 0 Å². The molecule has 0 bridgehead atoms. The van der Waals surface area contributed by atoms with Gasteiger partial charge in [0, 0.05) is 21.7 Å². The Kier molecular flexibility index (Phi) is 4.37.